The summed E-state index contributed by atoms with van der Waals surface area (Å²) in [5.41, 5.74) is 2.18. The first-order valence-corrected chi connectivity index (χ1v) is 5.62. The largest absolute Gasteiger partial charge is 0.322 e. The van der Waals surface area contributed by atoms with Crippen molar-refractivity contribution >= 4 is 34.4 Å². The predicted molar refractivity (Wildman–Crippen MR) is 67.1 cm³/mol. The highest BCUT2D eigenvalue weighted by molar-refractivity contribution is 6.30. The zero-order chi connectivity index (χ0) is 11.8. The van der Waals surface area contributed by atoms with Crippen LogP contribution in [0.3, 0.4) is 0 Å². The maximum atomic E-state index is 5.93. The van der Waals surface area contributed by atoms with Gasteiger partial charge in [0.25, 0.3) is 0 Å². The number of hydrogen-bond donors (Lipinski definition) is 1. The van der Waals surface area contributed by atoms with Gasteiger partial charge >= 0.3 is 0 Å². The minimum Gasteiger partial charge on any atom is -0.322 e. The standard InChI is InChI=1S/C11H6Cl2N4/c12-7-3-1-2-6(4-7)9-15-8-5-14-11(13)17-10(8)16-9/h1-5H,(H,14,15,16,17). The number of aromatic nitrogens is 4. The average Bonchev–Trinajstić information content (AvgIpc) is 2.72. The molecular weight excluding hydrogens is 259 g/mol. The van der Waals surface area contributed by atoms with Gasteiger partial charge in [-0.3, -0.25) is 0 Å². The Morgan fingerprint density at radius 3 is 2.82 bits per heavy atom. The third-order valence-electron chi connectivity index (χ3n) is 2.31. The maximum absolute atomic E-state index is 5.93. The second kappa shape index (κ2) is 3.98. The lowest BCUT2D eigenvalue weighted by Gasteiger charge is -1.95. The number of H-pyrrole nitrogens is 1. The third kappa shape index (κ3) is 1.97. The monoisotopic (exact) mass is 264 g/mol. The van der Waals surface area contributed by atoms with E-state index in [2.05, 4.69) is 19.9 Å². The summed E-state index contributed by atoms with van der Waals surface area (Å²) in [4.78, 5) is 15.4. The van der Waals surface area contributed by atoms with Crippen molar-refractivity contribution in [2.75, 3.05) is 0 Å². The molecule has 0 unspecified atom stereocenters. The summed E-state index contributed by atoms with van der Waals surface area (Å²) in [7, 11) is 0. The van der Waals surface area contributed by atoms with Crippen LogP contribution in [0.4, 0.5) is 0 Å². The lowest BCUT2D eigenvalue weighted by atomic mass is 10.2. The topological polar surface area (TPSA) is 54.5 Å². The maximum Gasteiger partial charge on any atom is 0.224 e. The number of aromatic amines is 1. The van der Waals surface area contributed by atoms with Gasteiger partial charge < -0.3 is 4.98 Å². The van der Waals surface area contributed by atoms with E-state index in [9.17, 15) is 0 Å². The van der Waals surface area contributed by atoms with Crippen LogP contribution >= 0.6 is 23.2 Å². The molecule has 0 saturated heterocycles. The summed E-state index contributed by atoms with van der Waals surface area (Å²) in [6.45, 7) is 0. The van der Waals surface area contributed by atoms with Crippen LogP contribution in [0, 0.1) is 0 Å². The van der Waals surface area contributed by atoms with Crippen molar-refractivity contribution < 1.29 is 0 Å². The Kier molecular flexibility index (Phi) is 2.46. The molecule has 0 aliphatic carbocycles. The molecule has 3 rings (SSSR count). The summed E-state index contributed by atoms with van der Waals surface area (Å²) in [5, 5.41) is 0.853. The second-order valence-corrected chi connectivity index (χ2v) is 4.24. The van der Waals surface area contributed by atoms with E-state index in [0.717, 1.165) is 5.56 Å². The molecule has 0 radical (unpaired) electrons. The van der Waals surface area contributed by atoms with Crippen molar-refractivity contribution in [1.29, 1.82) is 0 Å². The van der Waals surface area contributed by atoms with Crippen molar-refractivity contribution in [3.63, 3.8) is 0 Å². The van der Waals surface area contributed by atoms with Gasteiger partial charge in [-0.05, 0) is 23.7 Å². The van der Waals surface area contributed by atoms with Crippen molar-refractivity contribution in [1.82, 2.24) is 19.9 Å². The zero-order valence-electron chi connectivity index (χ0n) is 8.48. The van der Waals surface area contributed by atoms with Crippen LogP contribution in [0.1, 0.15) is 0 Å². The lowest BCUT2D eigenvalue weighted by molar-refractivity contribution is 1.20. The summed E-state index contributed by atoms with van der Waals surface area (Å²) >= 11 is 11.6. The van der Waals surface area contributed by atoms with Gasteiger partial charge in [-0.2, -0.15) is 4.98 Å². The van der Waals surface area contributed by atoms with Crippen LogP contribution < -0.4 is 0 Å². The van der Waals surface area contributed by atoms with Gasteiger partial charge in [0.1, 0.15) is 11.3 Å². The first-order valence-electron chi connectivity index (χ1n) is 4.86. The van der Waals surface area contributed by atoms with Crippen LogP contribution in [0.15, 0.2) is 30.5 Å². The fourth-order valence-corrected chi connectivity index (χ4v) is 1.88. The molecule has 0 atom stereocenters. The normalized spacial score (nSPS) is 10.9. The number of nitrogens with zero attached hydrogens (tertiary/aromatic N) is 3. The van der Waals surface area contributed by atoms with Gasteiger partial charge in [-0.1, -0.05) is 23.7 Å². The lowest BCUT2D eigenvalue weighted by Crippen LogP contribution is -1.81. The van der Waals surface area contributed by atoms with Crippen molar-refractivity contribution in [3.8, 4) is 11.4 Å². The Bertz CT molecular complexity index is 693. The molecule has 6 heteroatoms. The number of rotatable bonds is 1. The molecule has 2 heterocycles. The summed E-state index contributed by atoms with van der Waals surface area (Å²) in [5.74, 6) is 0.694. The summed E-state index contributed by atoms with van der Waals surface area (Å²) in [6.07, 6.45) is 1.58. The van der Waals surface area contributed by atoms with Crippen LogP contribution in [-0.2, 0) is 0 Å². The van der Waals surface area contributed by atoms with E-state index in [-0.39, 0.29) is 5.28 Å². The average molecular weight is 265 g/mol. The molecule has 0 aliphatic heterocycles. The quantitative estimate of drug-likeness (QED) is 0.686. The van der Waals surface area contributed by atoms with Crippen LogP contribution in [-0.4, -0.2) is 19.9 Å². The van der Waals surface area contributed by atoms with E-state index in [0.29, 0.717) is 22.0 Å². The molecule has 4 nitrogen and oxygen atoms in total. The molecule has 84 valence electrons. The summed E-state index contributed by atoms with van der Waals surface area (Å²) in [6, 6.07) is 7.42. The number of imidazole rings is 1. The number of benzene rings is 1. The van der Waals surface area contributed by atoms with Crippen molar-refractivity contribution in [2.45, 2.75) is 0 Å². The van der Waals surface area contributed by atoms with Gasteiger partial charge in [-0.25, -0.2) is 9.97 Å². The summed E-state index contributed by atoms with van der Waals surface area (Å²) < 4.78 is 0. The number of nitrogens with one attached hydrogen (secondary N) is 1. The van der Waals surface area contributed by atoms with Crippen LogP contribution in [0.2, 0.25) is 10.3 Å². The first-order chi connectivity index (χ1) is 8.22. The molecule has 0 fully saturated rings. The fourth-order valence-electron chi connectivity index (χ4n) is 1.56. The smallest absolute Gasteiger partial charge is 0.224 e. The van der Waals surface area contributed by atoms with Gasteiger partial charge in [0, 0.05) is 10.6 Å². The molecule has 2 aromatic heterocycles. The zero-order valence-corrected chi connectivity index (χ0v) is 10.00. The minimum atomic E-state index is 0.193. The predicted octanol–water partition coefficient (Wildman–Crippen LogP) is 3.33. The van der Waals surface area contributed by atoms with E-state index < -0.39 is 0 Å². The molecule has 0 spiro atoms. The first kappa shape index (κ1) is 10.5. The molecule has 0 saturated carbocycles. The van der Waals surface area contributed by atoms with Crippen LogP contribution in [0.25, 0.3) is 22.6 Å². The molecule has 0 amide bonds. The van der Waals surface area contributed by atoms with Gasteiger partial charge in [-0.15, -0.1) is 0 Å². The number of halogens is 2. The van der Waals surface area contributed by atoms with Crippen LogP contribution in [0.5, 0.6) is 0 Å². The van der Waals surface area contributed by atoms with Gasteiger partial charge in [0.2, 0.25) is 5.28 Å². The number of hydrogen-bond acceptors (Lipinski definition) is 3. The molecule has 1 N–H and O–H groups in total. The van der Waals surface area contributed by atoms with E-state index >= 15 is 0 Å². The highest BCUT2D eigenvalue weighted by atomic mass is 35.5. The van der Waals surface area contributed by atoms with Crippen molar-refractivity contribution in [2.24, 2.45) is 0 Å². The third-order valence-corrected chi connectivity index (χ3v) is 2.72. The fraction of sp³-hybridized carbons (Fsp3) is 0. The Morgan fingerprint density at radius 1 is 1.12 bits per heavy atom. The molecule has 1 aromatic carbocycles. The van der Waals surface area contributed by atoms with E-state index in [1.807, 2.05) is 24.3 Å². The Balaban J connectivity index is 2.18. The highest BCUT2D eigenvalue weighted by Gasteiger charge is 2.07. The molecule has 17 heavy (non-hydrogen) atoms. The van der Waals surface area contributed by atoms with Crippen molar-refractivity contribution in [3.05, 3.63) is 40.8 Å². The molecular formula is C11H6Cl2N4. The second-order valence-electron chi connectivity index (χ2n) is 3.47. The minimum absolute atomic E-state index is 0.193. The van der Waals surface area contributed by atoms with Gasteiger partial charge in [0.05, 0.1) is 6.20 Å². The highest BCUT2D eigenvalue weighted by Crippen LogP contribution is 2.22. The van der Waals surface area contributed by atoms with E-state index in [4.69, 9.17) is 23.2 Å². The van der Waals surface area contributed by atoms with E-state index in [1.54, 1.807) is 6.20 Å². The molecule has 0 bridgehead atoms. The number of fused-ring (bicyclic) bond motifs is 1. The molecule has 0 aliphatic rings. The Hall–Kier alpha value is -1.65. The Labute approximate surface area is 107 Å². The van der Waals surface area contributed by atoms with E-state index in [1.165, 1.54) is 0 Å². The SMILES string of the molecule is Clc1cccc(-c2nc3cnc(Cl)nc3[nH]2)c1. The Morgan fingerprint density at radius 2 is 2.00 bits per heavy atom. The molecule has 3 aromatic rings. The van der Waals surface area contributed by atoms with Gasteiger partial charge in [0.15, 0.2) is 5.65 Å².